The van der Waals surface area contributed by atoms with Gasteiger partial charge in [0.2, 0.25) is 5.91 Å². The predicted molar refractivity (Wildman–Crippen MR) is 179 cm³/mol. The molecule has 9 heteroatoms. The van der Waals surface area contributed by atoms with Crippen molar-refractivity contribution in [3.8, 4) is 22.3 Å². The predicted octanol–water partition coefficient (Wildman–Crippen LogP) is 5.77. The number of carbonyl (C=O) groups excluding carboxylic acids is 2. The molecule has 3 heterocycles. The Morgan fingerprint density at radius 1 is 0.957 bits per heavy atom. The quantitative estimate of drug-likeness (QED) is 0.196. The summed E-state index contributed by atoms with van der Waals surface area (Å²) in [5.41, 5.74) is 11.0. The molecule has 2 amide bonds. The molecule has 0 spiro atoms. The number of hydrogen-bond donors (Lipinski definition) is 3. The van der Waals surface area contributed by atoms with E-state index in [1.54, 1.807) is 19.3 Å². The number of carbonyl (C=O) groups is 2. The van der Waals surface area contributed by atoms with Crippen LogP contribution in [0.25, 0.3) is 22.3 Å². The van der Waals surface area contributed by atoms with Gasteiger partial charge in [-0.3, -0.25) is 24.3 Å². The fraction of sp³-hybridized carbons (Fsp3) is 0.297. The van der Waals surface area contributed by atoms with Crippen LogP contribution in [0.2, 0.25) is 0 Å². The van der Waals surface area contributed by atoms with Gasteiger partial charge in [0, 0.05) is 42.7 Å². The fourth-order valence-electron chi connectivity index (χ4n) is 6.84. The number of anilines is 1. The van der Waals surface area contributed by atoms with E-state index in [2.05, 4.69) is 73.3 Å². The van der Waals surface area contributed by atoms with Crippen molar-refractivity contribution in [3.63, 3.8) is 0 Å². The molecule has 0 saturated carbocycles. The third kappa shape index (κ3) is 5.86. The molecule has 3 N–H and O–H groups in total. The summed E-state index contributed by atoms with van der Waals surface area (Å²) in [6.45, 7) is 7.31. The molecule has 234 valence electrons. The van der Waals surface area contributed by atoms with Gasteiger partial charge in [-0.15, -0.1) is 0 Å². The lowest BCUT2D eigenvalue weighted by molar-refractivity contribution is -0.118. The van der Waals surface area contributed by atoms with Crippen molar-refractivity contribution < 1.29 is 9.59 Å². The third-order valence-electron chi connectivity index (χ3n) is 9.51. The molecule has 0 radical (unpaired) electrons. The van der Waals surface area contributed by atoms with Gasteiger partial charge in [-0.25, -0.2) is 0 Å². The maximum atomic E-state index is 14.1. The third-order valence-corrected chi connectivity index (χ3v) is 9.51. The molecule has 3 aromatic carbocycles. The fourth-order valence-corrected chi connectivity index (χ4v) is 6.84. The zero-order valence-electron chi connectivity index (χ0n) is 26.5. The van der Waals surface area contributed by atoms with Crippen LogP contribution in [0.5, 0.6) is 0 Å². The molecule has 2 atom stereocenters. The first-order chi connectivity index (χ1) is 22.3. The first kappa shape index (κ1) is 29.7. The summed E-state index contributed by atoms with van der Waals surface area (Å²) in [4.78, 5) is 30.0. The van der Waals surface area contributed by atoms with E-state index >= 15 is 0 Å². The van der Waals surface area contributed by atoms with Crippen LogP contribution >= 0.6 is 0 Å². The van der Waals surface area contributed by atoms with Gasteiger partial charge < -0.3 is 10.6 Å². The van der Waals surface area contributed by atoms with E-state index < -0.39 is 6.04 Å². The zero-order valence-corrected chi connectivity index (χ0v) is 26.5. The van der Waals surface area contributed by atoms with Crippen molar-refractivity contribution in [2.24, 2.45) is 7.05 Å². The summed E-state index contributed by atoms with van der Waals surface area (Å²) >= 11 is 0. The molecule has 1 unspecified atom stereocenters. The van der Waals surface area contributed by atoms with E-state index in [0.717, 1.165) is 58.6 Å². The number of aromatic amines is 1. The number of rotatable bonds is 9. The monoisotopic (exact) mass is 613 g/mol. The van der Waals surface area contributed by atoms with E-state index in [0.29, 0.717) is 11.4 Å². The molecule has 1 aliphatic heterocycles. The van der Waals surface area contributed by atoms with Gasteiger partial charge in [-0.2, -0.15) is 10.2 Å². The molecule has 0 bridgehead atoms. The number of aromatic nitrogens is 4. The number of nitrogens with one attached hydrogen (secondary N) is 3. The lowest BCUT2D eigenvalue weighted by atomic mass is 9.90. The topological polar surface area (TPSA) is 108 Å². The normalized spacial score (nSPS) is 16.5. The second-order valence-corrected chi connectivity index (χ2v) is 12.6. The minimum absolute atomic E-state index is 0.187. The van der Waals surface area contributed by atoms with Gasteiger partial charge in [0.15, 0.2) is 0 Å². The van der Waals surface area contributed by atoms with Crippen LogP contribution in [-0.2, 0) is 24.8 Å². The summed E-state index contributed by atoms with van der Waals surface area (Å²) < 4.78 is 1.52. The number of H-pyrrole nitrogens is 1. The highest BCUT2D eigenvalue weighted by molar-refractivity contribution is 6.01. The molecule has 5 aromatic rings. The highest BCUT2D eigenvalue weighted by Crippen LogP contribution is 2.39. The van der Waals surface area contributed by atoms with E-state index in [-0.39, 0.29) is 17.7 Å². The SMILES string of the molecule is Cc1n[nH]c(C)c1-c1ccc(NC(=O)C(NC(=O)c2ccnn2C)[C@@H]2CCc3ccc(-c4ccc(CN5CCC5)cc4)cc32)cc1. The standard InChI is InChI=1S/C37H39N7O2/c1-23-34(24(2)42-41-23)28-11-14-30(15-12-28)39-37(46)35(40-36(45)33-17-18-38-43(33)3)31-16-13-27-9-10-29(21-32(27)31)26-7-5-25(6-8-26)22-44-19-4-20-44/h5-12,14-15,17-18,21,31,35H,4,13,16,19-20,22H2,1-3H3,(H,39,46)(H,40,45)(H,41,42)/t31-,35?/m1/s1. The number of benzene rings is 3. The summed E-state index contributed by atoms with van der Waals surface area (Å²) in [6, 6.07) is 24.0. The Morgan fingerprint density at radius 2 is 1.70 bits per heavy atom. The maximum absolute atomic E-state index is 14.1. The number of nitrogens with zero attached hydrogens (tertiary/aromatic N) is 4. The van der Waals surface area contributed by atoms with Crippen molar-refractivity contribution >= 4 is 17.5 Å². The van der Waals surface area contributed by atoms with Crippen LogP contribution in [-0.4, -0.2) is 55.8 Å². The van der Waals surface area contributed by atoms with Crippen molar-refractivity contribution in [2.75, 3.05) is 18.4 Å². The van der Waals surface area contributed by atoms with Gasteiger partial charge in [0.05, 0.1) is 5.69 Å². The number of aryl methyl sites for hydroxylation is 4. The maximum Gasteiger partial charge on any atom is 0.270 e. The van der Waals surface area contributed by atoms with E-state index in [1.807, 2.05) is 38.1 Å². The minimum Gasteiger partial charge on any atom is -0.338 e. The summed E-state index contributed by atoms with van der Waals surface area (Å²) in [6.07, 6.45) is 4.47. The van der Waals surface area contributed by atoms with Crippen LogP contribution in [0.4, 0.5) is 5.69 Å². The zero-order chi connectivity index (χ0) is 31.8. The Hall–Kier alpha value is -5.02. The minimum atomic E-state index is -0.782. The van der Waals surface area contributed by atoms with Gasteiger partial charge in [-0.1, -0.05) is 54.6 Å². The lowest BCUT2D eigenvalue weighted by Crippen LogP contribution is -2.47. The number of hydrogen-bond acceptors (Lipinski definition) is 5. The van der Waals surface area contributed by atoms with Crippen LogP contribution < -0.4 is 10.6 Å². The van der Waals surface area contributed by atoms with Crippen LogP contribution in [0.3, 0.4) is 0 Å². The summed E-state index contributed by atoms with van der Waals surface area (Å²) in [5, 5.41) is 17.7. The first-order valence-electron chi connectivity index (χ1n) is 16.0. The van der Waals surface area contributed by atoms with Crippen molar-refractivity contribution in [3.05, 3.63) is 113 Å². The average Bonchev–Trinajstić information content (AvgIpc) is 3.76. The molecule has 2 aromatic heterocycles. The number of likely N-dealkylation sites (tertiary alicyclic amines) is 1. The smallest absolute Gasteiger partial charge is 0.270 e. The Morgan fingerprint density at radius 3 is 2.35 bits per heavy atom. The van der Waals surface area contributed by atoms with Gasteiger partial charge in [0.25, 0.3) is 5.91 Å². The van der Waals surface area contributed by atoms with Crippen LogP contribution in [0.1, 0.15) is 57.3 Å². The molecule has 7 rings (SSSR count). The number of amides is 2. The average molecular weight is 614 g/mol. The second-order valence-electron chi connectivity index (χ2n) is 12.6. The molecule has 1 saturated heterocycles. The Balaban J connectivity index is 1.15. The highest BCUT2D eigenvalue weighted by Gasteiger charge is 2.36. The summed E-state index contributed by atoms with van der Waals surface area (Å²) in [5.74, 6) is -0.769. The number of fused-ring (bicyclic) bond motifs is 1. The van der Waals surface area contributed by atoms with Gasteiger partial charge in [-0.05, 0) is 97.8 Å². The lowest BCUT2D eigenvalue weighted by Gasteiger charge is -2.30. The first-order valence-corrected chi connectivity index (χ1v) is 16.0. The van der Waals surface area contributed by atoms with Crippen molar-refractivity contribution in [1.82, 2.24) is 30.2 Å². The molecule has 1 aliphatic carbocycles. The second kappa shape index (κ2) is 12.4. The van der Waals surface area contributed by atoms with Crippen LogP contribution in [0, 0.1) is 13.8 Å². The Labute approximate surface area is 269 Å². The van der Waals surface area contributed by atoms with Crippen molar-refractivity contribution in [2.45, 2.75) is 51.6 Å². The molecular formula is C37H39N7O2. The molecular weight excluding hydrogens is 574 g/mol. The van der Waals surface area contributed by atoms with Gasteiger partial charge >= 0.3 is 0 Å². The highest BCUT2D eigenvalue weighted by atomic mass is 16.2. The molecule has 9 nitrogen and oxygen atoms in total. The largest absolute Gasteiger partial charge is 0.338 e. The van der Waals surface area contributed by atoms with Crippen LogP contribution in [0.15, 0.2) is 79.0 Å². The van der Waals surface area contributed by atoms with Crippen molar-refractivity contribution in [1.29, 1.82) is 0 Å². The van der Waals surface area contributed by atoms with E-state index in [9.17, 15) is 9.59 Å². The van der Waals surface area contributed by atoms with E-state index in [1.165, 1.54) is 35.3 Å². The van der Waals surface area contributed by atoms with E-state index in [4.69, 9.17) is 0 Å². The molecule has 46 heavy (non-hydrogen) atoms. The Kier molecular flexibility index (Phi) is 8.00. The molecule has 1 fully saturated rings. The summed E-state index contributed by atoms with van der Waals surface area (Å²) in [7, 11) is 1.72. The Bertz CT molecular complexity index is 1860. The van der Waals surface area contributed by atoms with Gasteiger partial charge in [0.1, 0.15) is 11.7 Å². The molecule has 2 aliphatic rings.